The summed E-state index contributed by atoms with van der Waals surface area (Å²) in [5.74, 6) is 1.64. The highest BCUT2D eigenvalue weighted by molar-refractivity contribution is 5.93. The van der Waals surface area contributed by atoms with Crippen LogP contribution in [0.15, 0.2) is 30.6 Å². The van der Waals surface area contributed by atoms with Crippen LogP contribution in [0, 0.1) is 13.8 Å². The highest BCUT2D eigenvalue weighted by atomic mass is 16.5. The number of morpholine rings is 1. The minimum atomic E-state index is 0.673. The Bertz CT molecular complexity index is 1200. The van der Waals surface area contributed by atoms with Crippen molar-refractivity contribution in [1.82, 2.24) is 24.1 Å². The molecule has 0 spiro atoms. The van der Waals surface area contributed by atoms with Crippen molar-refractivity contribution in [2.24, 2.45) is 0 Å². The predicted molar refractivity (Wildman–Crippen MR) is 118 cm³/mol. The molecule has 5 rings (SSSR count). The first-order valence-corrected chi connectivity index (χ1v) is 10.9. The first-order chi connectivity index (χ1) is 15.1. The van der Waals surface area contributed by atoms with Gasteiger partial charge in [0.05, 0.1) is 38.8 Å². The van der Waals surface area contributed by atoms with Crippen molar-refractivity contribution in [2.45, 2.75) is 26.8 Å². The fraction of sp³-hybridized carbons (Fsp3) is 0.435. The van der Waals surface area contributed by atoms with Gasteiger partial charge in [0.15, 0.2) is 11.5 Å². The topological polar surface area (TPSA) is 70.9 Å². The maximum atomic E-state index is 5.49. The van der Waals surface area contributed by atoms with Crippen LogP contribution < -0.4 is 9.64 Å². The molecule has 8 heteroatoms. The van der Waals surface area contributed by atoms with Gasteiger partial charge in [-0.2, -0.15) is 0 Å². The van der Waals surface area contributed by atoms with Gasteiger partial charge in [-0.05, 0) is 37.1 Å². The molecule has 1 aliphatic heterocycles. The summed E-state index contributed by atoms with van der Waals surface area (Å²) in [5.41, 5.74) is 5.52. The Balaban J connectivity index is 1.46. The van der Waals surface area contributed by atoms with Gasteiger partial charge >= 0.3 is 0 Å². The number of nitrogens with zero attached hydrogens (tertiary/aromatic N) is 5. The predicted octanol–water partition coefficient (Wildman–Crippen LogP) is 1.21. The van der Waals surface area contributed by atoms with Crippen molar-refractivity contribution in [2.75, 3.05) is 40.0 Å². The average Bonchev–Trinajstić information content (AvgIpc) is 3.32. The lowest BCUT2D eigenvalue weighted by Gasteiger charge is -2.24. The quantitative estimate of drug-likeness (QED) is 0.507. The summed E-state index contributed by atoms with van der Waals surface area (Å²) in [7, 11) is 1.68. The first kappa shape index (κ1) is 20.0. The molecule has 0 atom stereocenters. The van der Waals surface area contributed by atoms with E-state index in [1.165, 1.54) is 11.3 Å². The van der Waals surface area contributed by atoms with Crippen molar-refractivity contribution in [1.29, 1.82) is 0 Å². The maximum absolute atomic E-state index is 5.49. The highest BCUT2D eigenvalue weighted by Crippen LogP contribution is 2.27. The number of benzene rings is 1. The van der Waals surface area contributed by atoms with Crippen molar-refractivity contribution in [3.63, 3.8) is 0 Å². The van der Waals surface area contributed by atoms with Crippen LogP contribution in [0.25, 0.3) is 16.7 Å². The van der Waals surface area contributed by atoms with Crippen LogP contribution in [0.2, 0.25) is 0 Å². The van der Waals surface area contributed by atoms with Crippen molar-refractivity contribution >= 4 is 16.7 Å². The lowest BCUT2D eigenvalue weighted by molar-refractivity contribution is -0.908. The summed E-state index contributed by atoms with van der Waals surface area (Å²) < 4.78 is 14.9. The first-order valence-electron chi connectivity index (χ1n) is 10.9. The molecule has 1 N–H and O–H groups in total. The van der Waals surface area contributed by atoms with Gasteiger partial charge in [0.2, 0.25) is 0 Å². The molecule has 0 saturated carbocycles. The lowest BCUT2D eigenvalue weighted by atomic mass is 10.1. The molecule has 0 unspecified atom stereocenters. The van der Waals surface area contributed by atoms with Crippen LogP contribution in [-0.4, -0.2) is 64.1 Å². The smallest absolute Gasteiger partial charge is 0.168 e. The van der Waals surface area contributed by atoms with Gasteiger partial charge in [-0.25, -0.2) is 14.5 Å². The molecule has 3 aromatic heterocycles. The molecule has 162 valence electrons. The number of aryl methyl sites for hydroxylation is 1. The average molecular weight is 422 g/mol. The summed E-state index contributed by atoms with van der Waals surface area (Å²) in [6.07, 6.45) is 2.46. The number of fused-ring (bicyclic) bond motifs is 3. The largest absolute Gasteiger partial charge is 0.497 e. The van der Waals surface area contributed by atoms with E-state index in [4.69, 9.17) is 19.4 Å². The molecule has 8 nitrogen and oxygen atoms in total. The van der Waals surface area contributed by atoms with Gasteiger partial charge in [-0.15, -0.1) is 5.10 Å². The van der Waals surface area contributed by atoms with E-state index in [-0.39, 0.29) is 0 Å². The third-order valence-electron chi connectivity index (χ3n) is 6.40. The molecule has 0 amide bonds. The van der Waals surface area contributed by atoms with E-state index in [9.17, 15) is 0 Å². The lowest BCUT2D eigenvalue weighted by Crippen LogP contribution is -3.14. The van der Waals surface area contributed by atoms with Crippen molar-refractivity contribution < 1.29 is 14.4 Å². The molecule has 4 aromatic rings. The van der Waals surface area contributed by atoms with Gasteiger partial charge < -0.3 is 18.9 Å². The van der Waals surface area contributed by atoms with Gasteiger partial charge in [0.25, 0.3) is 0 Å². The molecule has 1 aliphatic rings. The zero-order valence-electron chi connectivity index (χ0n) is 18.4. The molecule has 1 aromatic carbocycles. The van der Waals surface area contributed by atoms with Crippen LogP contribution in [0.3, 0.4) is 0 Å². The molecule has 4 heterocycles. The maximum Gasteiger partial charge on any atom is 0.168 e. The minimum absolute atomic E-state index is 0.673. The van der Waals surface area contributed by atoms with Crippen molar-refractivity contribution in [3.05, 3.63) is 53.2 Å². The molecular formula is C23H29N6O2+. The number of hydrogen-bond acceptors (Lipinski definition) is 5. The van der Waals surface area contributed by atoms with Gasteiger partial charge in [0, 0.05) is 12.1 Å². The third kappa shape index (κ3) is 3.77. The van der Waals surface area contributed by atoms with E-state index in [2.05, 4.69) is 35.6 Å². The summed E-state index contributed by atoms with van der Waals surface area (Å²) in [5, 5.41) is 5.79. The Morgan fingerprint density at radius 2 is 1.87 bits per heavy atom. The highest BCUT2D eigenvalue weighted by Gasteiger charge is 2.20. The van der Waals surface area contributed by atoms with E-state index < -0.39 is 0 Å². The second kappa shape index (κ2) is 8.28. The number of methoxy groups -OCH3 is 1. The molecule has 0 aliphatic carbocycles. The Morgan fingerprint density at radius 3 is 2.61 bits per heavy atom. The molecule has 0 radical (unpaired) electrons. The second-order valence-corrected chi connectivity index (χ2v) is 8.24. The summed E-state index contributed by atoms with van der Waals surface area (Å²) in [6, 6.07) is 8.04. The zero-order chi connectivity index (χ0) is 21.4. The van der Waals surface area contributed by atoms with Gasteiger partial charge in [-0.3, -0.25) is 0 Å². The summed E-state index contributed by atoms with van der Waals surface area (Å²) in [6.45, 7) is 10.2. The van der Waals surface area contributed by atoms with E-state index in [1.54, 1.807) is 18.3 Å². The van der Waals surface area contributed by atoms with Gasteiger partial charge in [-0.1, -0.05) is 12.1 Å². The molecule has 1 fully saturated rings. The Labute approximate surface area is 181 Å². The summed E-state index contributed by atoms with van der Waals surface area (Å²) in [4.78, 5) is 11.3. The number of hydrogen-bond donors (Lipinski definition) is 1. The SMILES string of the molecule is COc1ccc(Cc2nc3c4c(C)c(C)n(CC[NH+]5CCOCC5)c4ncn3n2)cc1. The fourth-order valence-electron chi connectivity index (χ4n) is 4.43. The molecular weight excluding hydrogens is 392 g/mol. The van der Waals surface area contributed by atoms with Gasteiger partial charge in [0.1, 0.15) is 30.8 Å². The van der Waals surface area contributed by atoms with Crippen LogP contribution in [0.5, 0.6) is 5.75 Å². The van der Waals surface area contributed by atoms with Crippen LogP contribution in [-0.2, 0) is 17.7 Å². The second-order valence-electron chi connectivity index (χ2n) is 8.24. The Kier molecular flexibility index (Phi) is 5.33. The zero-order valence-corrected chi connectivity index (χ0v) is 18.4. The molecule has 1 saturated heterocycles. The monoisotopic (exact) mass is 421 g/mol. The Morgan fingerprint density at radius 1 is 1.10 bits per heavy atom. The number of ether oxygens (including phenoxy) is 2. The van der Waals surface area contributed by atoms with Crippen LogP contribution in [0.1, 0.15) is 22.6 Å². The number of aromatic nitrogens is 5. The van der Waals surface area contributed by atoms with Crippen LogP contribution in [0.4, 0.5) is 0 Å². The number of rotatable bonds is 6. The molecule has 0 bridgehead atoms. The standard InChI is InChI=1S/C23H28N6O2/c1-16-17(2)28(9-8-27-10-12-31-13-11-27)22-21(16)23-25-20(26-29(23)15-24-22)14-18-4-6-19(30-3)7-5-18/h4-7,15H,8-14H2,1-3H3/p+1. The molecule has 31 heavy (non-hydrogen) atoms. The Hall–Kier alpha value is -2.97. The van der Waals surface area contributed by atoms with E-state index in [0.29, 0.717) is 6.42 Å². The number of quaternary nitrogens is 1. The summed E-state index contributed by atoms with van der Waals surface area (Å²) >= 11 is 0. The number of nitrogens with one attached hydrogen (secondary N) is 1. The normalized spacial score (nSPS) is 15.2. The van der Waals surface area contributed by atoms with E-state index in [1.807, 2.05) is 16.6 Å². The minimum Gasteiger partial charge on any atom is -0.497 e. The van der Waals surface area contributed by atoms with Crippen LogP contribution >= 0.6 is 0 Å². The van der Waals surface area contributed by atoms with Crippen molar-refractivity contribution in [3.8, 4) is 5.75 Å². The third-order valence-corrected chi connectivity index (χ3v) is 6.40. The van der Waals surface area contributed by atoms with E-state index >= 15 is 0 Å². The van der Waals surface area contributed by atoms with E-state index in [0.717, 1.165) is 73.2 Å². The fourth-order valence-corrected chi connectivity index (χ4v) is 4.43.